The Balaban J connectivity index is 1.92. The minimum atomic E-state index is -4.25. The van der Waals surface area contributed by atoms with Crippen LogP contribution in [0.15, 0.2) is 12.4 Å². The molecule has 1 fully saturated rings. The number of alkyl halides is 3. The van der Waals surface area contributed by atoms with Crippen molar-refractivity contribution in [3.8, 4) is 0 Å². The van der Waals surface area contributed by atoms with Gasteiger partial charge in [0.25, 0.3) is 0 Å². The summed E-state index contributed by atoms with van der Waals surface area (Å²) in [5.74, 6) is -2.65. The van der Waals surface area contributed by atoms with Gasteiger partial charge in [-0.2, -0.15) is 18.3 Å². The van der Waals surface area contributed by atoms with Crippen molar-refractivity contribution < 1.29 is 22.8 Å². The summed E-state index contributed by atoms with van der Waals surface area (Å²) in [6.45, 7) is 0.0302. The number of likely N-dealkylation sites (N-methyl/N-ethyl adjacent to an activating group) is 1. The lowest BCUT2D eigenvalue weighted by atomic mass is 9.80. The Morgan fingerprint density at radius 2 is 2.08 bits per heavy atom. The Bertz CT molecular complexity index is 598. The maximum absolute atomic E-state index is 12.8. The molecule has 0 unspecified atom stereocenters. The average Bonchev–Trinajstić information content (AvgIpc) is 2.93. The van der Waals surface area contributed by atoms with E-state index in [9.17, 15) is 22.8 Å². The van der Waals surface area contributed by atoms with E-state index in [1.165, 1.54) is 22.0 Å². The van der Waals surface area contributed by atoms with Gasteiger partial charge >= 0.3 is 6.18 Å². The number of carbonyl (C=O) groups excluding carboxylic acids is 2. The summed E-state index contributed by atoms with van der Waals surface area (Å²) in [7, 11) is 3.24. The number of anilines is 1. The molecule has 1 N–H and O–H groups in total. The number of aromatic nitrogens is 2. The van der Waals surface area contributed by atoms with E-state index in [1.807, 2.05) is 0 Å². The molecule has 2 rings (SSSR count). The van der Waals surface area contributed by atoms with Crippen LogP contribution < -0.4 is 5.32 Å². The van der Waals surface area contributed by atoms with Crippen LogP contribution in [0.4, 0.5) is 18.9 Å². The number of nitrogens with one attached hydrogen (secondary N) is 1. The van der Waals surface area contributed by atoms with E-state index in [0.29, 0.717) is 18.5 Å². The Hall–Kier alpha value is -2.06. The second kappa shape index (κ2) is 7.23. The van der Waals surface area contributed by atoms with Gasteiger partial charge in [0.05, 0.1) is 17.8 Å². The highest BCUT2D eigenvalue weighted by molar-refractivity contribution is 5.92. The van der Waals surface area contributed by atoms with Gasteiger partial charge in [0.2, 0.25) is 11.8 Å². The van der Waals surface area contributed by atoms with E-state index in [2.05, 4.69) is 10.4 Å². The number of amides is 2. The van der Waals surface area contributed by atoms with Gasteiger partial charge < -0.3 is 10.2 Å². The molecule has 1 aromatic rings. The summed E-state index contributed by atoms with van der Waals surface area (Å²) in [5.41, 5.74) is 0.376. The van der Waals surface area contributed by atoms with Gasteiger partial charge in [-0.05, 0) is 19.3 Å². The predicted molar refractivity (Wildman–Crippen MR) is 81.1 cm³/mol. The van der Waals surface area contributed by atoms with Gasteiger partial charge in [-0.1, -0.05) is 6.42 Å². The van der Waals surface area contributed by atoms with E-state index in [4.69, 9.17) is 0 Å². The first-order chi connectivity index (χ1) is 11.2. The fourth-order valence-electron chi connectivity index (χ4n) is 2.76. The topological polar surface area (TPSA) is 67.2 Å². The van der Waals surface area contributed by atoms with Crippen LogP contribution in [0.2, 0.25) is 0 Å². The molecule has 1 aliphatic carbocycles. The van der Waals surface area contributed by atoms with Crippen molar-refractivity contribution in [2.24, 2.45) is 11.8 Å². The number of carbonyl (C=O) groups is 2. The number of hydrogen-bond donors (Lipinski definition) is 1. The zero-order valence-electron chi connectivity index (χ0n) is 13.6. The quantitative estimate of drug-likeness (QED) is 0.909. The molecule has 0 spiro atoms. The molecule has 134 valence electrons. The molecule has 0 saturated heterocycles. The number of hydrogen-bond acceptors (Lipinski definition) is 3. The Labute approximate surface area is 138 Å². The molecular formula is C15H21F3N4O2. The van der Waals surface area contributed by atoms with Gasteiger partial charge in [-0.3, -0.25) is 14.3 Å². The molecule has 24 heavy (non-hydrogen) atoms. The lowest BCUT2D eigenvalue weighted by Gasteiger charge is -2.29. The van der Waals surface area contributed by atoms with Crippen molar-refractivity contribution in [2.45, 2.75) is 38.4 Å². The van der Waals surface area contributed by atoms with Crippen LogP contribution in [0.1, 0.15) is 25.7 Å². The molecule has 1 saturated carbocycles. The first-order valence-electron chi connectivity index (χ1n) is 7.77. The van der Waals surface area contributed by atoms with Crippen LogP contribution >= 0.6 is 0 Å². The molecule has 2 amide bonds. The largest absolute Gasteiger partial charge is 0.391 e. The van der Waals surface area contributed by atoms with Crippen molar-refractivity contribution in [1.29, 1.82) is 0 Å². The molecule has 1 heterocycles. The maximum atomic E-state index is 12.8. The molecule has 0 aliphatic heterocycles. The molecule has 0 bridgehead atoms. The van der Waals surface area contributed by atoms with Crippen molar-refractivity contribution in [2.75, 3.05) is 19.4 Å². The van der Waals surface area contributed by atoms with E-state index >= 15 is 0 Å². The van der Waals surface area contributed by atoms with Crippen LogP contribution in [-0.2, 0) is 16.1 Å². The van der Waals surface area contributed by atoms with Gasteiger partial charge in [-0.25, -0.2) is 0 Å². The van der Waals surface area contributed by atoms with Gasteiger partial charge in [0.15, 0.2) is 0 Å². The maximum Gasteiger partial charge on any atom is 0.391 e. The monoisotopic (exact) mass is 346 g/mol. The Morgan fingerprint density at radius 3 is 2.71 bits per heavy atom. The van der Waals surface area contributed by atoms with Crippen molar-refractivity contribution >= 4 is 17.5 Å². The van der Waals surface area contributed by atoms with E-state index in [1.54, 1.807) is 14.1 Å². The summed E-state index contributed by atoms with van der Waals surface area (Å²) in [4.78, 5) is 25.2. The number of nitrogens with zero attached hydrogens (tertiary/aromatic N) is 3. The predicted octanol–water partition coefficient (Wildman–Crippen LogP) is 2.28. The van der Waals surface area contributed by atoms with Gasteiger partial charge in [0, 0.05) is 26.2 Å². The minimum absolute atomic E-state index is 0.0302. The average molecular weight is 346 g/mol. The van der Waals surface area contributed by atoms with E-state index in [-0.39, 0.29) is 25.3 Å². The van der Waals surface area contributed by atoms with Crippen LogP contribution in [0.5, 0.6) is 0 Å². The zero-order chi connectivity index (χ0) is 17.9. The normalized spacial score (nSPS) is 21.4. The van der Waals surface area contributed by atoms with Crippen LogP contribution in [0.3, 0.4) is 0 Å². The fourth-order valence-corrected chi connectivity index (χ4v) is 2.76. The van der Waals surface area contributed by atoms with Crippen LogP contribution in [0, 0.1) is 11.8 Å². The molecule has 6 nitrogen and oxygen atoms in total. The Kier molecular flexibility index (Phi) is 5.51. The first kappa shape index (κ1) is 18.3. The van der Waals surface area contributed by atoms with Crippen molar-refractivity contribution in [3.05, 3.63) is 12.4 Å². The first-order valence-corrected chi connectivity index (χ1v) is 7.77. The summed E-state index contributed by atoms with van der Waals surface area (Å²) in [5, 5.41) is 6.56. The lowest BCUT2D eigenvalue weighted by molar-refractivity contribution is -0.185. The fraction of sp³-hybridized carbons (Fsp3) is 0.667. The zero-order valence-corrected chi connectivity index (χ0v) is 13.6. The second-order valence-corrected chi connectivity index (χ2v) is 6.31. The highest BCUT2D eigenvalue weighted by Crippen LogP contribution is 2.40. The molecule has 2 atom stereocenters. The standard InChI is InChI=1S/C15H21F3N4O2/c1-21(2)13(23)9-22-8-12(7-19-22)20-14(24)10-4-3-5-11(6-10)15(16,17)18/h7-8,10-11H,3-6,9H2,1-2H3,(H,20,24)/t10-,11+/m0/s1. The summed E-state index contributed by atoms with van der Waals surface area (Å²) >= 11 is 0. The van der Waals surface area contributed by atoms with Gasteiger partial charge in [-0.15, -0.1) is 0 Å². The molecule has 0 aromatic carbocycles. The molecule has 1 aliphatic rings. The van der Waals surface area contributed by atoms with Crippen LogP contribution in [-0.4, -0.2) is 46.8 Å². The van der Waals surface area contributed by atoms with Crippen molar-refractivity contribution in [1.82, 2.24) is 14.7 Å². The lowest BCUT2D eigenvalue weighted by Crippen LogP contribution is -2.34. The molecule has 0 radical (unpaired) electrons. The highest BCUT2D eigenvalue weighted by Gasteiger charge is 2.43. The van der Waals surface area contributed by atoms with Gasteiger partial charge in [0.1, 0.15) is 6.54 Å². The third kappa shape index (κ3) is 4.72. The number of rotatable bonds is 4. The van der Waals surface area contributed by atoms with E-state index in [0.717, 1.165) is 0 Å². The Morgan fingerprint density at radius 1 is 1.38 bits per heavy atom. The molecular weight excluding hydrogens is 325 g/mol. The highest BCUT2D eigenvalue weighted by atomic mass is 19.4. The third-order valence-corrected chi connectivity index (χ3v) is 4.20. The molecule has 1 aromatic heterocycles. The SMILES string of the molecule is CN(C)C(=O)Cn1cc(NC(=O)[C@H]2CCC[C@@H](C(F)(F)F)C2)cn1. The van der Waals surface area contributed by atoms with E-state index < -0.39 is 23.9 Å². The summed E-state index contributed by atoms with van der Waals surface area (Å²) in [6, 6.07) is 0. The van der Waals surface area contributed by atoms with Crippen molar-refractivity contribution in [3.63, 3.8) is 0 Å². The minimum Gasteiger partial charge on any atom is -0.347 e. The summed E-state index contributed by atoms with van der Waals surface area (Å²) < 4.78 is 39.8. The second-order valence-electron chi connectivity index (χ2n) is 6.31. The van der Waals surface area contributed by atoms with Crippen LogP contribution in [0.25, 0.3) is 0 Å². The number of halogens is 3. The smallest absolute Gasteiger partial charge is 0.347 e. The third-order valence-electron chi connectivity index (χ3n) is 4.20. The summed E-state index contributed by atoms with van der Waals surface area (Å²) in [6.07, 6.45) is -0.643. The molecule has 9 heteroatoms.